The van der Waals surface area contributed by atoms with E-state index < -0.39 is 12.1 Å². The Bertz CT molecular complexity index is 371. The van der Waals surface area contributed by atoms with Gasteiger partial charge in [0.25, 0.3) is 0 Å². The van der Waals surface area contributed by atoms with Crippen molar-refractivity contribution in [1.29, 1.82) is 0 Å². The van der Waals surface area contributed by atoms with Crippen LogP contribution in [0.25, 0.3) is 0 Å². The highest BCUT2D eigenvalue weighted by Gasteiger charge is 1.95. The number of carbonyl (C=O) groups is 1. The summed E-state index contributed by atoms with van der Waals surface area (Å²) < 4.78 is 0. The minimum absolute atomic E-state index is 0.319. The molecule has 0 aromatic rings. The summed E-state index contributed by atoms with van der Waals surface area (Å²) in [7, 11) is 0. The molecule has 0 saturated carbocycles. The molecule has 0 aliphatic rings. The van der Waals surface area contributed by atoms with Crippen molar-refractivity contribution in [2.24, 2.45) is 0 Å². The summed E-state index contributed by atoms with van der Waals surface area (Å²) in [6, 6.07) is 0. The molecule has 5 heteroatoms. The van der Waals surface area contributed by atoms with Gasteiger partial charge in [0.1, 0.15) is 6.10 Å². The summed E-state index contributed by atoms with van der Waals surface area (Å²) in [5, 5.41) is 32.5. The average molecular weight is 371 g/mol. The lowest BCUT2D eigenvalue weighted by Crippen LogP contribution is -2.15. The molecule has 4 N–H and O–H groups in total. The number of carboxylic acids is 1. The summed E-state index contributed by atoms with van der Waals surface area (Å²) >= 11 is 0. The number of hydrogen-bond acceptors (Lipinski definition) is 4. The number of aliphatic hydroxyl groups is 3. The summed E-state index contributed by atoms with van der Waals surface area (Å²) in [6.07, 6.45) is 22.4. The van der Waals surface area contributed by atoms with Gasteiger partial charge in [-0.05, 0) is 38.5 Å². The Balaban J connectivity index is 0. The van der Waals surface area contributed by atoms with Crippen LogP contribution >= 0.6 is 0 Å². The molecule has 5 nitrogen and oxygen atoms in total. The second-order valence-electron chi connectivity index (χ2n) is 6.01. The van der Waals surface area contributed by atoms with Crippen LogP contribution in [0, 0.1) is 0 Å². The Kier molecular flexibility index (Phi) is 24.3. The third-order valence-electron chi connectivity index (χ3n) is 3.46. The van der Waals surface area contributed by atoms with Crippen molar-refractivity contribution in [2.45, 2.75) is 77.2 Å². The van der Waals surface area contributed by atoms with Gasteiger partial charge in [-0.3, -0.25) is 4.79 Å². The van der Waals surface area contributed by atoms with E-state index in [0.717, 1.165) is 44.9 Å². The first-order valence-electron chi connectivity index (χ1n) is 9.65. The van der Waals surface area contributed by atoms with E-state index in [1.54, 1.807) is 0 Å². The number of aliphatic hydroxyl groups excluding tert-OH is 3. The van der Waals surface area contributed by atoms with Crippen LogP contribution in [0.15, 0.2) is 36.5 Å². The van der Waals surface area contributed by atoms with Crippen LogP contribution in [-0.2, 0) is 4.79 Å². The standard InChI is InChI=1S/C18H30O2.C3H8O3/c1-2-3-4-5-6-7-8-9-10-11-12-13-14-15-16-17-18(19)20;4-1-3(6)2-5/h3-4,6-7,9-10H,2,5,8,11-17H2,1H3,(H,19,20);3-6H,1-2H2/b4-3-,7-6-,10-9-;. The molecule has 0 heterocycles. The molecule has 0 saturated heterocycles. The maximum Gasteiger partial charge on any atom is 0.303 e. The number of hydrogen-bond donors (Lipinski definition) is 4. The molecule has 0 rings (SSSR count). The van der Waals surface area contributed by atoms with Gasteiger partial charge in [0, 0.05) is 6.42 Å². The Morgan fingerprint density at radius 1 is 0.808 bits per heavy atom. The molecule has 0 unspecified atom stereocenters. The third-order valence-corrected chi connectivity index (χ3v) is 3.46. The van der Waals surface area contributed by atoms with Crippen molar-refractivity contribution < 1.29 is 25.2 Å². The van der Waals surface area contributed by atoms with Gasteiger partial charge in [0.2, 0.25) is 0 Å². The minimum Gasteiger partial charge on any atom is -0.481 e. The summed E-state index contributed by atoms with van der Waals surface area (Å²) in [5.41, 5.74) is 0. The smallest absolute Gasteiger partial charge is 0.303 e. The van der Waals surface area contributed by atoms with Crippen LogP contribution in [0.5, 0.6) is 0 Å². The van der Waals surface area contributed by atoms with Gasteiger partial charge < -0.3 is 20.4 Å². The van der Waals surface area contributed by atoms with E-state index in [0.29, 0.717) is 6.42 Å². The zero-order chi connectivity index (χ0) is 19.9. The van der Waals surface area contributed by atoms with Crippen LogP contribution < -0.4 is 0 Å². The fourth-order valence-corrected chi connectivity index (χ4v) is 1.95. The van der Waals surface area contributed by atoms with Crippen molar-refractivity contribution in [3.63, 3.8) is 0 Å². The summed E-state index contributed by atoms with van der Waals surface area (Å²) in [5.74, 6) is -0.675. The monoisotopic (exact) mass is 370 g/mol. The molecule has 0 aromatic carbocycles. The third kappa shape index (κ3) is 27.4. The van der Waals surface area contributed by atoms with Gasteiger partial charge in [-0.2, -0.15) is 0 Å². The molecule has 152 valence electrons. The van der Waals surface area contributed by atoms with Crippen molar-refractivity contribution in [3.8, 4) is 0 Å². The lowest BCUT2D eigenvalue weighted by atomic mass is 10.1. The molecule has 0 amide bonds. The predicted octanol–water partition coefficient (Wildman–Crippen LogP) is 3.99. The molecule has 26 heavy (non-hydrogen) atoms. The van der Waals surface area contributed by atoms with E-state index in [2.05, 4.69) is 43.4 Å². The zero-order valence-corrected chi connectivity index (χ0v) is 16.2. The molecule has 0 aliphatic carbocycles. The van der Waals surface area contributed by atoms with Gasteiger partial charge in [0.15, 0.2) is 0 Å². The fourth-order valence-electron chi connectivity index (χ4n) is 1.95. The first kappa shape index (κ1) is 26.8. The normalized spacial score (nSPS) is 11.6. The highest BCUT2D eigenvalue weighted by molar-refractivity contribution is 5.66. The van der Waals surface area contributed by atoms with Crippen LogP contribution in [0.3, 0.4) is 0 Å². The lowest BCUT2D eigenvalue weighted by Gasteiger charge is -1.98. The highest BCUT2D eigenvalue weighted by Crippen LogP contribution is 2.07. The van der Waals surface area contributed by atoms with Gasteiger partial charge in [-0.25, -0.2) is 0 Å². The summed E-state index contributed by atoms with van der Waals surface area (Å²) in [6.45, 7) is 1.42. The van der Waals surface area contributed by atoms with Gasteiger partial charge >= 0.3 is 5.97 Å². The molecular weight excluding hydrogens is 332 g/mol. The molecule has 0 aliphatic heterocycles. The Morgan fingerprint density at radius 2 is 1.31 bits per heavy atom. The van der Waals surface area contributed by atoms with Gasteiger partial charge in [0.05, 0.1) is 13.2 Å². The van der Waals surface area contributed by atoms with Crippen LogP contribution in [0.1, 0.15) is 71.1 Å². The fraction of sp³-hybridized carbons (Fsp3) is 0.667. The van der Waals surface area contributed by atoms with E-state index in [1.165, 1.54) is 12.8 Å². The van der Waals surface area contributed by atoms with Gasteiger partial charge in [-0.1, -0.05) is 62.6 Å². The van der Waals surface area contributed by atoms with E-state index >= 15 is 0 Å². The summed E-state index contributed by atoms with van der Waals surface area (Å²) in [4.78, 5) is 10.3. The van der Waals surface area contributed by atoms with Crippen molar-refractivity contribution >= 4 is 5.97 Å². The molecule has 0 atom stereocenters. The van der Waals surface area contributed by atoms with E-state index in [9.17, 15) is 4.79 Å². The Hall–Kier alpha value is -1.43. The first-order valence-corrected chi connectivity index (χ1v) is 9.65. The van der Waals surface area contributed by atoms with E-state index in [1.807, 2.05) is 0 Å². The quantitative estimate of drug-likeness (QED) is 0.258. The van der Waals surface area contributed by atoms with Crippen molar-refractivity contribution in [2.75, 3.05) is 13.2 Å². The second kappa shape index (κ2) is 23.6. The largest absolute Gasteiger partial charge is 0.481 e. The highest BCUT2D eigenvalue weighted by atomic mass is 16.4. The Labute approximate surface area is 158 Å². The van der Waals surface area contributed by atoms with Crippen LogP contribution in [0.4, 0.5) is 0 Å². The maximum atomic E-state index is 10.3. The molecule has 0 radical (unpaired) electrons. The molecule has 0 bridgehead atoms. The van der Waals surface area contributed by atoms with Crippen LogP contribution in [-0.4, -0.2) is 45.7 Å². The second-order valence-corrected chi connectivity index (χ2v) is 6.01. The number of aliphatic carboxylic acids is 1. The number of unbranched alkanes of at least 4 members (excludes halogenated alkanes) is 5. The number of carboxylic acid groups (broad SMARTS) is 1. The number of rotatable bonds is 15. The SMILES string of the molecule is CC/C=C\C/C=C\C/C=C\CCCCCCCC(=O)O.OCC(O)CO. The molecule has 0 fully saturated rings. The first-order chi connectivity index (χ1) is 12.6. The van der Waals surface area contributed by atoms with Crippen molar-refractivity contribution in [1.82, 2.24) is 0 Å². The topological polar surface area (TPSA) is 98.0 Å². The Morgan fingerprint density at radius 3 is 1.81 bits per heavy atom. The van der Waals surface area contributed by atoms with Crippen molar-refractivity contribution in [3.05, 3.63) is 36.5 Å². The molecule has 0 spiro atoms. The van der Waals surface area contributed by atoms with E-state index in [-0.39, 0.29) is 13.2 Å². The lowest BCUT2D eigenvalue weighted by molar-refractivity contribution is -0.137. The van der Waals surface area contributed by atoms with Crippen LogP contribution in [0.2, 0.25) is 0 Å². The maximum absolute atomic E-state index is 10.3. The molecular formula is C21H38O5. The van der Waals surface area contributed by atoms with Gasteiger partial charge in [-0.15, -0.1) is 0 Å². The predicted molar refractivity (Wildman–Crippen MR) is 107 cm³/mol. The minimum atomic E-state index is -0.954. The molecule has 0 aromatic heterocycles. The zero-order valence-electron chi connectivity index (χ0n) is 16.2. The van der Waals surface area contributed by atoms with E-state index in [4.69, 9.17) is 20.4 Å². The number of allylic oxidation sites excluding steroid dienone is 6. The average Bonchev–Trinajstić information content (AvgIpc) is 2.64.